The quantitative estimate of drug-likeness (QED) is 0.534. The summed E-state index contributed by atoms with van der Waals surface area (Å²) in [6.45, 7) is 2.96. The largest absolute Gasteiger partial charge is 0.292 e. The third kappa shape index (κ3) is 0.878. The van der Waals surface area contributed by atoms with Crippen molar-refractivity contribution in [2.24, 2.45) is 12.0 Å². The first-order valence-corrected chi connectivity index (χ1v) is 3.81. The fraction of sp³-hybridized carbons (Fsp3) is 0.500. The second kappa shape index (κ2) is 2.19. The molecule has 0 N–H and O–H groups in total. The van der Waals surface area contributed by atoms with Gasteiger partial charge in [-0.2, -0.15) is 5.10 Å². The van der Waals surface area contributed by atoms with Gasteiger partial charge >= 0.3 is 0 Å². The first-order valence-electron chi connectivity index (χ1n) is 3.81. The predicted octanol–water partition coefficient (Wildman–Crippen LogP) is 0.704. The molecular formula is C8H11N3. The van der Waals surface area contributed by atoms with Gasteiger partial charge in [-0.3, -0.25) is 9.67 Å². The normalized spacial score (nSPS) is 15.1. The molecule has 2 heterocycles. The predicted molar refractivity (Wildman–Crippen MR) is 44.1 cm³/mol. The van der Waals surface area contributed by atoms with Crippen LogP contribution in [0.3, 0.4) is 0 Å². The van der Waals surface area contributed by atoms with Gasteiger partial charge in [-0.05, 0) is 6.92 Å². The summed E-state index contributed by atoms with van der Waals surface area (Å²) in [7, 11) is 1.97. The topological polar surface area (TPSA) is 30.2 Å². The van der Waals surface area contributed by atoms with Crippen molar-refractivity contribution in [3.63, 3.8) is 0 Å². The van der Waals surface area contributed by atoms with Crippen LogP contribution in [0.25, 0.3) is 0 Å². The Morgan fingerprint density at radius 2 is 2.36 bits per heavy atom. The van der Waals surface area contributed by atoms with Crippen LogP contribution in [-0.4, -0.2) is 22.5 Å². The Morgan fingerprint density at radius 3 is 3.09 bits per heavy atom. The lowest BCUT2D eigenvalue weighted by atomic mass is 10.1. The number of aryl methyl sites for hydroxylation is 1. The highest BCUT2D eigenvalue weighted by molar-refractivity contribution is 5.83. The van der Waals surface area contributed by atoms with Gasteiger partial charge in [-0.15, -0.1) is 0 Å². The van der Waals surface area contributed by atoms with Gasteiger partial charge in [-0.1, -0.05) is 0 Å². The van der Waals surface area contributed by atoms with E-state index in [2.05, 4.69) is 17.0 Å². The average molecular weight is 149 g/mol. The van der Waals surface area contributed by atoms with Crippen molar-refractivity contribution in [2.75, 3.05) is 6.54 Å². The highest BCUT2D eigenvalue weighted by Crippen LogP contribution is 2.13. The van der Waals surface area contributed by atoms with Crippen LogP contribution >= 0.6 is 0 Å². The van der Waals surface area contributed by atoms with E-state index in [-0.39, 0.29) is 0 Å². The molecule has 3 nitrogen and oxygen atoms in total. The van der Waals surface area contributed by atoms with Gasteiger partial charge in [0.15, 0.2) is 0 Å². The average Bonchev–Trinajstić information content (AvgIpc) is 2.30. The molecule has 0 saturated carbocycles. The zero-order valence-electron chi connectivity index (χ0n) is 6.83. The molecule has 0 saturated heterocycles. The maximum Gasteiger partial charge on any atom is 0.0733 e. The number of nitrogens with zero attached hydrogens (tertiary/aromatic N) is 3. The van der Waals surface area contributed by atoms with E-state index in [0.717, 1.165) is 13.0 Å². The number of fused-ring (bicyclic) bond motifs is 1. The Hall–Kier alpha value is -1.12. The summed E-state index contributed by atoms with van der Waals surface area (Å²) in [5, 5.41) is 4.38. The molecule has 0 fully saturated rings. The molecule has 58 valence electrons. The standard InChI is InChI=1S/C8H11N3/c1-6-7-5-9-4-3-8(7)10-11(6)2/h5H,3-4H2,1-2H3. The molecule has 1 aromatic rings. The van der Waals surface area contributed by atoms with Crippen LogP contribution < -0.4 is 0 Å². The smallest absolute Gasteiger partial charge is 0.0733 e. The zero-order chi connectivity index (χ0) is 7.84. The van der Waals surface area contributed by atoms with Crippen LogP contribution in [0.4, 0.5) is 0 Å². The number of rotatable bonds is 0. The van der Waals surface area contributed by atoms with E-state index >= 15 is 0 Å². The Morgan fingerprint density at radius 1 is 1.55 bits per heavy atom. The molecule has 0 unspecified atom stereocenters. The first kappa shape index (κ1) is 6.58. The Bertz CT molecular complexity index is 309. The van der Waals surface area contributed by atoms with Gasteiger partial charge in [-0.25, -0.2) is 0 Å². The summed E-state index contributed by atoms with van der Waals surface area (Å²) in [5.74, 6) is 0. The molecule has 0 radical (unpaired) electrons. The van der Waals surface area contributed by atoms with E-state index in [9.17, 15) is 0 Å². The minimum atomic E-state index is 0.892. The maximum atomic E-state index is 4.38. The van der Waals surface area contributed by atoms with Crippen LogP contribution in [0.15, 0.2) is 4.99 Å². The van der Waals surface area contributed by atoms with Crippen molar-refractivity contribution >= 4 is 6.21 Å². The molecule has 0 amide bonds. The third-order valence-electron chi connectivity index (χ3n) is 2.15. The van der Waals surface area contributed by atoms with Crippen molar-refractivity contribution in [1.82, 2.24) is 9.78 Å². The summed E-state index contributed by atoms with van der Waals surface area (Å²) in [4.78, 5) is 4.21. The molecule has 3 heteroatoms. The van der Waals surface area contributed by atoms with Crippen LogP contribution in [0.1, 0.15) is 17.0 Å². The zero-order valence-corrected chi connectivity index (χ0v) is 6.83. The van der Waals surface area contributed by atoms with E-state index in [1.54, 1.807) is 0 Å². The first-order chi connectivity index (χ1) is 5.29. The molecule has 11 heavy (non-hydrogen) atoms. The summed E-state index contributed by atoms with van der Waals surface area (Å²) < 4.78 is 1.92. The molecule has 2 rings (SSSR count). The van der Waals surface area contributed by atoms with E-state index in [4.69, 9.17) is 0 Å². The van der Waals surface area contributed by atoms with Crippen LogP contribution in [0, 0.1) is 6.92 Å². The van der Waals surface area contributed by atoms with Gasteiger partial charge in [0.05, 0.1) is 5.69 Å². The molecule has 1 aliphatic rings. The van der Waals surface area contributed by atoms with Gasteiger partial charge in [0, 0.05) is 37.5 Å². The fourth-order valence-corrected chi connectivity index (χ4v) is 1.37. The lowest BCUT2D eigenvalue weighted by Gasteiger charge is -2.00. The molecule has 0 aliphatic carbocycles. The Labute approximate surface area is 65.8 Å². The molecule has 0 atom stereocenters. The van der Waals surface area contributed by atoms with Crippen LogP contribution in [0.5, 0.6) is 0 Å². The second-order valence-electron chi connectivity index (χ2n) is 2.85. The van der Waals surface area contributed by atoms with Crippen molar-refractivity contribution < 1.29 is 0 Å². The summed E-state index contributed by atoms with van der Waals surface area (Å²) in [5.41, 5.74) is 3.63. The SMILES string of the molecule is Cc1c2c(nn1C)CCN=C2. The summed E-state index contributed by atoms with van der Waals surface area (Å²) >= 11 is 0. The van der Waals surface area contributed by atoms with Crippen LogP contribution in [0.2, 0.25) is 0 Å². The highest BCUT2D eigenvalue weighted by Gasteiger charge is 2.12. The monoisotopic (exact) mass is 149 g/mol. The third-order valence-corrected chi connectivity index (χ3v) is 2.15. The minimum absolute atomic E-state index is 0.892. The molecular weight excluding hydrogens is 138 g/mol. The lowest BCUT2D eigenvalue weighted by Crippen LogP contribution is -2.01. The van der Waals surface area contributed by atoms with Crippen molar-refractivity contribution in [3.8, 4) is 0 Å². The molecule has 1 aromatic heterocycles. The summed E-state index contributed by atoms with van der Waals surface area (Å²) in [6, 6.07) is 0. The van der Waals surface area contributed by atoms with Crippen LogP contribution in [-0.2, 0) is 13.5 Å². The lowest BCUT2D eigenvalue weighted by molar-refractivity contribution is 0.719. The van der Waals surface area contributed by atoms with Gasteiger partial charge in [0.2, 0.25) is 0 Å². The van der Waals surface area contributed by atoms with E-state index in [0.29, 0.717) is 0 Å². The number of aromatic nitrogens is 2. The molecule has 1 aliphatic heterocycles. The molecule has 0 spiro atoms. The number of hydrogen-bond acceptors (Lipinski definition) is 2. The second-order valence-corrected chi connectivity index (χ2v) is 2.85. The van der Waals surface area contributed by atoms with Gasteiger partial charge in [0.1, 0.15) is 0 Å². The number of aliphatic imine (C=N–C) groups is 1. The molecule has 0 bridgehead atoms. The number of hydrogen-bond donors (Lipinski definition) is 0. The Balaban J connectivity index is 2.61. The maximum absolute atomic E-state index is 4.38. The fourth-order valence-electron chi connectivity index (χ4n) is 1.37. The van der Waals surface area contributed by atoms with E-state index < -0.39 is 0 Å². The van der Waals surface area contributed by atoms with Crippen molar-refractivity contribution in [2.45, 2.75) is 13.3 Å². The highest BCUT2D eigenvalue weighted by atomic mass is 15.3. The van der Waals surface area contributed by atoms with E-state index in [1.807, 2.05) is 17.9 Å². The van der Waals surface area contributed by atoms with Crippen molar-refractivity contribution in [1.29, 1.82) is 0 Å². The Kier molecular flexibility index (Phi) is 1.31. The van der Waals surface area contributed by atoms with Crippen molar-refractivity contribution in [3.05, 3.63) is 17.0 Å². The summed E-state index contributed by atoms with van der Waals surface area (Å²) in [6.07, 6.45) is 2.93. The van der Waals surface area contributed by atoms with E-state index in [1.165, 1.54) is 17.0 Å². The van der Waals surface area contributed by atoms with Gasteiger partial charge < -0.3 is 0 Å². The van der Waals surface area contributed by atoms with Gasteiger partial charge in [0.25, 0.3) is 0 Å². The minimum Gasteiger partial charge on any atom is -0.292 e. The molecule has 0 aromatic carbocycles.